The van der Waals surface area contributed by atoms with Crippen LogP contribution in [-0.2, 0) is 0 Å². The van der Waals surface area contributed by atoms with E-state index in [2.05, 4.69) is 11.6 Å². The molecule has 0 aliphatic carbocycles. The predicted octanol–water partition coefficient (Wildman–Crippen LogP) is 1.37. The summed E-state index contributed by atoms with van der Waals surface area (Å²) in [6.45, 7) is 5.33. The van der Waals surface area contributed by atoms with Crippen molar-refractivity contribution in [1.29, 1.82) is 0 Å². The maximum Gasteiger partial charge on any atom is 0.174 e. The number of rotatable bonds is 3. The highest BCUT2D eigenvalue weighted by molar-refractivity contribution is 5.73. The van der Waals surface area contributed by atoms with Crippen molar-refractivity contribution in [1.82, 2.24) is 9.99 Å². The summed E-state index contributed by atoms with van der Waals surface area (Å²) in [5.41, 5.74) is 6.67. The molecule has 1 aromatic rings. The third-order valence-electron chi connectivity index (χ3n) is 2.87. The topological polar surface area (TPSA) is 45.4 Å². The van der Waals surface area contributed by atoms with Crippen LogP contribution in [0.1, 0.15) is 5.69 Å². The molecular formula is C12H15FN4. The van der Waals surface area contributed by atoms with Gasteiger partial charge in [0.1, 0.15) is 5.69 Å². The largest absolute Gasteiger partial charge is 0.404 e. The van der Waals surface area contributed by atoms with Gasteiger partial charge in [0.15, 0.2) is 5.82 Å². The van der Waals surface area contributed by atoms with Gasteiger partial charge in [-0.2, -0.15) is 0 Å². The molecule has 90 valence electrons. The first-order valence-electron chi connectivity index (χ1n) is 5.37. The van der Waals surface area contributed by atoms with Crippen molar-refractivity contribution in [3.05, 3.63) is 42.6 Å². The van der Waals surface area contributed by atoms with E-state index in [1.807, 2.05) is 17.1 Å². The lowest BCUT2D eigenvalue weighted by Crippen LogP contribution is -2.55. The van der Waals surface area contributed by atoms with Gasteiger partial charge in [0.2, 0.25) is 0 Å². The van der Waals surface area contributed by atoms with Crippen molar-refractivity contribution < 1.29 is 4.39 Å². The molecule has 0 bridgehead atoms. The Morgan fingerprint density at radius 1 is 1.59 bits per heavy atom. The van der Waals surface area contributed by atoms with E-state index in [4.69, 9.17) is 5.73 Å². The number of halogens is 1. The van der Waals surface area contributed by atoms with Gasteiger partial charge in [-0.05, 0) is 6.07 Å². The van der Waals surface area contributed by atoms with Crippen LogP contribution in [0.2, 0.25) is 0 Å². The van der Waals surface area contributed by atoms with Gasteiger partial charge >= 0.3 is 0 Å². The predicted molar refractivity (Wildman–Crippen MR) is 66.5 cm³/mol. The number of nitrogens with zero attached hydrogens (tertiary/aromatic N) is 3. The van der Waals surface area contributed by atoms with E-state index in [1.165, 1.54) is 12.3 Å². The third-order valence-corrected chi connectivity index (χ3v) is 2.87. The van der Waals surface area contributed by atoms with Crippen LogP contribution in [0.25, 0.3) is 5.57 Å². The summed E-state index contributed by atoms with van der Waals surface area (Å²) in [6, 6.07) is 1.66. The second-order valence-corrected chi connectivity index (χ2v) is 3.82. The Hall–Kier alpha value is -1.88. The summed E-state index contributed by atoms with van der Waals surface area (Å²) < 4.78 is 14.3. The van der Waals surface area contributed by atoms with Crippen molar-refractivity contribution in [2.24, 2.45) is 5.73 Å². The molecule has 2 rings (SSSR count). The minimum atomic E-state index is -0.365. The number of hydrogen-bond donors (Lipinski definition) is 1. The minimum absolute atomic E-state index is 0.236. The van der Waals surface area contributed by atoms with Crippen LogP contribution in [-0.4, -0.2) is 30.1 Å². The lowest BCUT2D eigenvalue weighted by molar-refractivity contribution is 0.215. The van der Waals surface area contributed by atoms with Gasteiger partial charge in [-0.3, -0.25) is 4.98 Å². The molecular weight excluding hydrogens is 219 g/mol. The van der Waals surface area contributed by atoms with E-state index in [9.17, 15) is 4.39 Å². The van der Waals surface area contributed by atoms with Crippen molar-refractivity contribution in [3.8, 4) is 0 Å². The molecule has 2 heterocycles. The van der Waals surface area contributed by atoms with Gasteiger partial charge in [-0.1, -0.05) is 12.7 Å². The zero-order valence-corrected chi connectivity index (χ0v) is 9.73. The number of nitrogens with two attached hydrogens (primary N) is 1. The van der Waals surface area contributed by atoms with Crippen LogP contribution in [0.3, 0.4) is 0 Å². The zero-order valence-electron chi connectivity index (χ0n) is 9.73. The number of likely N-dealkylation sites (N-methyl/N-ethyl adjacent to an activating group) is 1. The molecule has 0 saturated carbocycles. The molecule has 0 amide bonds. The Balaban J connectivity index is 2.43. The molecule has 2 N–H and O–H groups in total. The minimum Gasteiger partial charge on any atom is -0.404 e. The molecule has 1 aliphatic heterocycles. The standard InChI is InChI=1S/C12H15FN4/c1-3-9(8-14)12-11(13)10(4-5-15-12)17-7-6-16(17)2/h3-5,8H,1,6-7,14H2,2H3. The van der Waals surface area contributed by atoms with Crippen LogP contribution in [0.15, 0.2) is 31.1 Å². The smallest absolute Gasteiger partial charge is 0.174 e. The molecule has 1 aromatic heterocycles. The average molecular weight is 234 g/mol. The van der Waals surface area contributed by atoms with Gasteiger partial charge in [0.25, 0.3) is 0 Å². The van der Waals surface area contributed by atoms with Gasteiger partial charge < -0.3 is 10.7 Å². The number of hydrogen-bond acceptors (Lipinski definition) is 4. The molecule has 1 aliphatic rings. The monoisotopic (exact) mass is 234 g/mol. The first-order chi connectivity index (χ1) is 8.19. The fraction of sp³-hybridized carbons (Fsp3) is 0.250. The molecule has 0 radical (unpaired) electrons. The van der Waals surface area contributed by atoms with E-state index in [1.54, 1.807) is 12.3 Å². The molecule has 0 spiro atoms. The summed E-state index contributed by atoms with van der Waals surface area (Å²) >= 11 is 0. The normalized spacial score (nSPS) is 16.8. The lowest BCUT2D eigenvalue weighted by Gasteiger charge is -2.43. The Morgan fingerprint density at radius 3 is 2.82 bits per heavy atom. The molecule has 5 heteroatoms. The number of hydrazine groups is 1. The summed E-state index contributed by atoms with van der Waals surface area (Å²) in [4.78, 5) is 4.01. The van der Waals surface area contributed by atoms with Gasteiger partial charge in [-0.25, -0.2) is 9.40 Å². The van der Waals surface area contributed by atoms with Crippen molar-refractivity contribution >= 4 is 11.3 Å². The Labute approximate surface area is 99.8 Å². The van der Waals surface area contributed by atoms with Crippen molar-refractivity contribution in [3.63, 3.8) is 0 Å². The van der Waals surface area contributed by atoms with Crippen molar-refractivity contribution in [2.75, 3.05) is 25.1 Å². The lowest BCUT2D eigenvalue weighted by atomic mass is 10.1. The van der Waals surface area contributed by atoms with Crippen LogP contribution in [0.4, 0.5) is 10.1 Å². The highest BCUT2D eigenvalue weighted by atomic mass is 19.1. The van der Waals surface area contributed by atoms with Gasteiger partial charge in [0.05, 0.1) is 5.69 Å². The van der Waals surface area contributed by atoms with Crippen LogP contribution in [0.5, 0.6) is 0 Å². The Bertz CT molecular complexity index is 470. The number of allylic oxidation sites excluding steroid dienone is 2. The Kier molecular flexibility index (Phi) is 3.10. The number of pyridine rings is 1. The molecule has 17 heavy (non-hydrogen) atoms. The van der Waals surface area contributed by atoms with Gasteiger partial charge in [-0.15, -0.1) is 0 Å². The SMILES string of the molecule is C=CC(=CN)c1nccc(N2CCN2C)c1F. The fourth-order valence-electron chi connectivity index (χ4n) is 1.78. The summed E-state index contributed by atoms with van der Waals surface area (Å²) in [5, 5.41) is 3.81. The first kappa shape index (κ1) is 11.6. The zero-order chi connectivity index (χ0) is 12.4. The van der Waals surface area contributed by atoms with Crippen LogP contribution < -0.4 is 10.7 Å². The van der Waals surface area contributed by atoms with E-state index in [-0.39, 0.29) is 11.5 Å². The molecule has 0 aromatic carbocycles. The summed E-state index contributed by atoms with van der Waals surface area (Å²) in [7, 11) is 1.91. The first-order valence-corrected chi connectivity index (χ1v) is 5.37. The fourth-order valence-corrected chi connectivity index (χ4v) is 1.78. The maximum atomic E-state index is 14.3. The van der Waals surface area contributed by atoms with E-state index in [0.717, 1.165) is 13.1 Å². The van der Waals surface area contributed by atoms with Crippen molar-refractivity contribution in [2.45, 2.75) is 0 Å². The highest BCUT2D eigenvalue weighted by Gasteiger charge is 2.25. The quantitative estimate of drug-likeness (QED) is 0.802. The van der Waals surface area contributed by atoms with E-state index < -0.39 is 0 Å². The second-order valence-electron chi connectivity index (χ2n) is 3.82. The molecule has 1 saturated heterocycles. The van der Waals surface area contributed by atoms with Gasteiger partial charge in [0, 0.05) is 38.1 Å². The molecule has 4 nitrogen and oxygen atoms in total. The van der Waals surface area contributed by atoms with E-state index in [0.29, 0.717) is 11.3 Å². The van der Waals surface area contributed by atoms with Crippen LogP contribution >= 0.6 is 0 Å². The summed E-state index contributed by atoms with van der Waals surface area (Å²) in [5.74, 6) is -0.365. The average Bonchev–Trinajstić information content (AvgIpc) is 2.33. The molecule has 0 unspecified atom stereocenters. The number of aromatic nitrogens is 1. The molecule has 1 fully saturated rings. The van der Waals surface area contributed by atoms with E-state index >= 15 is 0 Å². The maximum absolute atomic E-state index is 14.3. The second kappa shape index (κ2) is 4.55. The third kappa shape index (κ3) is 1.89. The number of anilines is 1. The Morgan fingerprint density at radius 2 is 2.35 bits per heavy atom. The summed E-state index contributed by atoms with van der Waals surface area (Å²) in [6.07, 6.45) is 4.38. The highest BCUT2D eigenvalue weighted by Crippen LogP contribution is 2.28. The molecule has 0 atom stereocenters. The van der Waals surface area contributed by atoms with Crippen LogP contribution in [0, 0.1) is 5.82 Å².